The summed E-state index contributed by atoms with van der Waals surface area (Å²) in [5.74, 6) is 1.04. The summed E-state index contributed by atoms with van der Waals surface area (Å²) in [4.78, 5) is 12.3. The molecule has 0 fully saturated rings. The van der Waals surface area contributed by atoms with Crippen LogP contribution in [0.25, 0.3) is 0 Å². The largest absolute Gasteiger partial charge is 0.520 e. The van der Waals surface area contributed by atoms with Crippen molar-refractivity contribution in [3.05, 3.63) is 0 Å². The third-order valence-electron chi connectivity index (χ3n) is 3.74. The zero-order valence-electron chi connectivity index (χ0n) is 17.5. The van der Waals surface area contributed by atoms with Crippen molar-refractivity contribution in [2.75, 3.05) is 6.54 Å². The maximum absolute atomic E-state index is 12.3. The van der Waals surface area contributed by atoms with Gasteiger partial charge < -0.3 is 8.66 Å². The Morgan fingerprint density at radius 2 is 1.35 bits per heavy atom. The number of rotatable bonds is 9. The third-order valence-corrected chi connectivity index (χ3v) is 12.2. The standard InChI is InChI=1S/C17H41NO2Si3/c1-15(2)12-16(13-17(19)20-23(9,10)11)14-18(21(3,4)5)22(6,7)8/h15-16H,12-14H2,1-11H3. The van der Waals surface area contributed by atoms with Crippen molar-refractivity contribution in [1.29, 1.82) is 0 Å². The molecule has 3 nitrogen and oxygen atoms in total. The van der Waals surface area contributed by atoms with Crippen molar-refractivity contribution < 1.29 is 9.22 Å². The first-order valence-electron chi connectivity index (χ1n) is 9.02. The molecule has 6 heteroatoms. The van der Waals surface area contributed by atoms with Gasteiger partial charge >= 0.3 is 0 Å². The Morgan fingerprint density at radius 1 is 0.913 bits per heavy atom. The van der Waals surface area contributed by atoms with Gasteiger partial charge in [0.1, 0.15) is 16.5 Å². The minimum atomic E-state index is -1.79. The van der Waals surface area contributed by atoms with Crippen LogP contribution in [-0.4, -0.2) is 41.5 Å². The first-order valence-corrected chi connectivity index (χ1v) is 19.3. The first-order chi connectivity index (χ1) is 10.0. The summed E-state index contributed by atoms with van der Waals surface area (Å²) < 4.78 is 8.51. The Labute approximate surface area is 148 Å². The number of carbonyl (C=O) groups excluding carboxylic acids is 1. The predicted molar refractivity (Wildman–Crippen MR) is 110 cm³/mol. The maximum atomic E-state index is 12.3. The van der Waals surface area contributed by atoms with Gasteiger partial charge in [0.15, 0.2) is 0 Å². The van der Waals surface area contributed by atoms with Crippen LogP contribution in [0.4, 0.5) is 0 Å². The summed E-state index contributed by atoms with van der Waals surface area (Å²) in [6.07, 6.45) is 1.68. The van der Waals surface area contributed by atoms with E-state index in [1.54, 1.807) is 0 Å². The lowest BCUT2D eigenvalue weighted by molar-refractivity contribution is -0.136. The fraction of sp³-hybridized carbons (Fsp3) is 0.941. The van der Waals surface area contributed by atoms with E-state index in [2.05, 4.69) is 77.0 Å². The van der Waals surface area contributed by atoms with Gasteiger partial charge in [0.2, 0.25) is 8.32 Å². The molecule has 0 aromatic heterocycles. The molecular weight excluding hydrogens is 334 g/mol. The van der Waals surface area contributed by atoms with Crippen molar-refractivity contribution in [3.63, 3.8) is 0 Å². The fourth-order valence-corrected chi connectivity index (χ4v) is 13.7. The van der Waals surface area contributed by atoms with E-state index in [-0.39, 0.29) is 5.97 Å². The smallest absolute Gasteiger partial charge is 0.292 e. The highest BCUT2D eigenvalue weighted by Gasteiger charge is 2.36. The second-order valence-electron chi connectivity index (χ2n) is 10.2. The van der Waals surface area contributed by atoms with Crippen molar-refractivity contribution in [1.82, 2.24) is 4.23 Å². The molecule has 0 aromatic rings. The molecule has 23 heavy (non-hydrogen) atoms. The lowest BCUT2D eigenvalue weighted by atomic mass is 9.94. The summed E-state index contributed by atoms with van der Waals surface area (Å²) >= 11 is 0. The van der Waals surface area contributed by atoms with E-state index in [0.717, 1.165) is 13.0 Å². The van der Waals surface area contributed by atoms with Gasteiger partial charge in [-0.2, -0.15) is 0 Å². The Balaban J connectivity index is 5.13. The zero-order chi connectivity index (χ0) is 18.6. The Hall–Kier alpha value is 0.0806. The minimum Gasteiger partial charge on any atom is -0.520 e. The highest BCUT2D eigenvalue weighted by molar-refractivity contribution is 6.89. The van der Waals surface area contributed by atoms with Crippen LogP contribution >= 0.6 is 0 Å². The summed E-state index contributed by atoms with van der Waals surface area (Å²) in [6.45, 7) is 26.4. The van der Waals surface area contributed by atoms with E-state index < -0.39 is 24.8 Å². The van der Waals surface area contributed by atoms with Crippen LogP contribution in [0, 0.1) is 11.8 Å². The molecular formula is C17H41NO2Si3. The molecule has 1 atom stereocenters. The number of hydrogen-bond acceptors (Lipinski definition) is 3. The molecule has 0 saturated carbocycles. The van der Waals surface area contributed by atoms with Gasteiger partial charge in [0, 0.05) is 6.42 Å². The average molecular weight is 376 g/mol. The van der Waals surface area contributed by atoms with Gasteiger partial charge in [-0.25, -0.2) is 0 Å². The molecule has 0 aliphatic rings. The lowest BCUT2D eigenvalue weighted by Crippen LogP contribution is -2.60. The molecule has 0 rings (SSSR count). The summed E-state index contributed by atoms with van der Waals surface area (Å²) in [7, 11) is -4.55. The van der Waals surface area contributed by atoms with Gasteiger partial charge in [0.25, 0.3) is 5.97 Å². The molecule has 1 unspecified atom stereocenters. The lowest BCUT2D eigenvalue weighted by Gasteiger charge is -2.45. The first kappa shape index (κ1) is 23.1. The normalized spacial score (nSPS) is 15.2. The average Bonchev–Trinajstić information content (AvgIpc) is 2.18. The maximum Gasteiger partial charge on any atom is 0.292 e. The fourth-order valence-electron chi connectivity index (χ4n) is 3.32. The molecule has 0 bridgehead atoms. The SMILES string of the molecule is CC(C)CC(CC(=O)O[Si](C)(C)C)CN([Si](C)(C)C)[Si](C)(C)C. The third kappa shape index (κ3) is 10.5. The molecule has 0 radical (unpaired) electrons. The number of carbonyl (C=O) groups is 1. The van der Waals surface area contributed by atoms with Crippen molar-refractivity contribution in [2.45, 2.75) is 85.6 Å². The van der Waals surface area contributed by atoms with Gasteiger partial charge in [-0.15, -0.1) is 0 Å². The van der Waals surface area contributed by atoms with Gasteiger partial charge in [-0.1, -0.05) is 53.1 Å². The summed E-state index contributed by atoms with van der Waals surface area (Å²) in [5.41, 5.74) is 0. The Bertz CT molecular complexity index is 365. The van der Waals surface area contributed by atoms with E-state index in [0.29, 0.717) is 18.3 Å². The van der Waals surface area contributed by atoms with E-state index >= 15 is 0 Å². The zero-order valence-corrected chi connectivity index (χ0v) is 20.5. The minimum absolute atomic E-state index is 0.0147. The molecule has 0 spiro atoms. The van der Waals surface area contributed by atoms with E-state index in [4.69, 9.17) is 4.43 Å². The second kappa shape index (κ2) is 8.45. The molecule has 138 valence electrons. The van der Waals surface area contributed by atoms with Crippen LogP contribution in [-0.2, 0) is 9.22 Å². The van der Waals surface area contributed by atoms with Crippen molar-refractivity contribution in [2.24, 2.45) is 11.8 Å². The molecule has 0 aliphatic heterocycles. The van der Waals surface area contributed by atoms with Crippen molar-refractivity contribution in [3.8, 4) is 0 Å². The van der Waals surface area contributed by atoms with E-state index in [1.165, 1.54) is 0 Å². The summed E-state index contributed by atoms with van der Waals surface area (Å²) in [6, 6.07) is 0. The van der Waals surface area contributed by atoms with Crippen LogP contribution in [0.2, 0.25) is 58.9 Å². The molecule has 0 heterocycles. The quantitative estimate of drug-likeness (QED) is 0.506. The van der Waals surface area contributed by atoms with Gasteiger partial charge in [0.05, 0.1) is 0 Å². The Morgan fingerprint density at radius 3 is 1.65 bits per heavy atom. The molecule has 0 N–H and O–H groups in total. The molecule has 0 saturated heterocycles. The van der Waals surface area contributed by atoms with Crippen LogP contribution < -0.4 is 0 Å². The highest BCUT2D eigenvalue weighted by atomic mass is 28.4. The van der Waals surface area contributed by atoms with Crippen LogP contribution in [0.1, 0.15) is 26.7 Å². The topological polar surface area (TPSA) is 29.5 Å². The molecule has 0 aliphatic carbocycles. The van der Waals surface area contributed by atoms with Crippen LogP contribution in [0.3, 0.4) is 0 Å². The molecule has 0 amide bonds. The van der Waals surface area contributed by atoms with E-state index in [9.17, 15) is 4.79 Å². The van der Waals surface area contributed by atoms with Gasteiger partial charge in [-0.3, -0.25) is 4.79 Å². The van der Waals surface area contributed by atoms with E-state index in [1.807, 2.05) is 0 Å². The second-order valence-corrected chi connectivity index (χ2v) is 24.9. The number of hydrogen-bond donors (Lipinski definition) is 0. The Kier molecular flexibility index (Phi) is 8.48. The van der Waals surface area contributed by atoms with Gasteiger partial charge in [-0.05, 0) is 44.4 Å². The van der Waals surface area contributed by atoms with Crippen LogP contribution in [0.5, 0.6) is 0 Å². The monoisotopic (exact) mass is 375 g/mol. The molecule has 0 aromatic carbocycles. The number of nitrogens with zero attached hydrogens (tertiary/aromatic N) is 1. The summed E-state index contributed by atoms with van der Waals surface area (Å²) in [5, 5.41) is 0. The van der Waals surface area contributed by atoms with Crippen LogP contribution in [0.15, 0.2) is 0 Å². The predicted octanol–water partition coefficient (Wildman–Crippen LogP) is 5.39. The van der Waals surface area contributed by atoms with Crippen molar-refractivity contribution >= 4 is 30.8 Å². The highest BCUT2D eigenvalue weighted by Crippen LogP contribution is 2.26.